The van der Waals surface area contributed by atoms with Crippen molar-refractivity contribution in [2.24, 2.45) is 11.5 Å². The molecular formula is C23H34N6O6S. The molecule has 4 unspecified atom stereocenters. The van der Waals surface area contributed by atoms with Gasteiger partial charge in [0.05, 0.1) is 12.6 Å². The lowest BCUT2D eigenvalue weighted by molar-refractivity contribution is -0.142. The Morgan fingerprint density at radius 2 is 1.61 bits per heavy atom. The number of aliphatic hydroxyl groups is 1. The van der Waals surface area contributed by atoms with Gasteiger partial charge in [-0.15, -0.1) is 0 Å². The fourth-order valence-corrected chi connectivity index (χ4v) is 3.75. The molecule has 13 heteroatoms. The third kappa shape index (κ3) is 8.22. The van der Waals surface area contributed by atoms with Crippen molar-refractivity contribution in [2.75, 3.05) is 18.9 Å². The molecule has 0 fully saturated rings. The number of H-pyrrole nitrogens is 1. The molecule has 0 spiro atoms. The predicted molar refractivity (Wildman–Crippen MR) is 137 cm³/mol. The van der Waals surface area contributed by atoms with Crippen LogP contribution in [0.5, 0.6) is 0 Å². The van der Waals surface area contributed by atoms with Gasteiger partial charge in [-0.3, -0.25) is 14.4 Å². The molecule has 198 valence electrons. The second-order valence-corrected chi connectivity index (χ2v) is 8.71. The highest BCUT2D eigenvalue weighted by Crippen LogP contribution is 2.19. The van der Waals surface area contributed by atoms with E-state index in [0.29, 0.717) is 24.9 Å². The molecule has 2 aromatic rings. The van der Waals surface area contributed by atoms with Crippen LogP contribution in [0.2, 0.25) is 0 Å². The first-order valence-electron chi connectivity index (χ1n) is 11.6. The fraction of sp³-hybridized carbons (Fsp3) is 0.478. The highest BCUT2D eigenvalue weighted by Gasteiger charge is 2.30. The number of fused-ring (bicyclic) bond motifs is 1. The molecule has 1 heterocycles. The topological polar surface area (TPSA) is 213 Å². The predicted octanol–water partition coefficient (Wildman–Crippen LogP) is -1.37. The number of nitrogens with two attached hydrogens (primary N) is 2. The lowest BCUT2D eigenvalue weighted by atomic mass is 10.0. The number of hydrogen-bond donors (Lipinski definition) is 9. The normalized spacial score (nSPS) is 14.4. The molecule has 0 saturated carbocycles. The van der Waals surface area contributed by atoms with Crippen molar-refractivity contribution in [3.63, 3.8) is 0 Å². The molecule has 1 aromatic carbocycles. The van der Waals surface area contributed by atoms with E-state index in [9.17, 15) is 29.4 Å². The van der Waals surface area contributed by atoms with Gasteiger partial charge in [-0.05, 0) is 37.4 Å². The molecule has 0 aliphatic heterocycles. The molecule has 36 heavy (non-hydrogen) atoms. The van der Waals surface area contributed by atoms with Crippen LogP contribution in [0, 0.1) is 0 Å². The summed E-state index contributed by atoms with van der Waals surface area (Å²) in [4.78, 5) is 52.8. The molecular weight excluding hydrogens is 488 g/mol. The Morgan fingerprint density at radius 1 is 0.972 bits per heavy atom. The first kappa shape index (κ1) is 29.1. The van der Waals surface area contributed by atoms with Gasteiger partial charge in [-0.1, -0.05) is 18.2 Å². The summed E-state index contributed by atoms with van der Waals surface area (Å²) in [7, 11) is 0. The number of benzene rings is 1. The molecule has 10 N–H and O–H groups in total. The first-order chi connectivity index (χ1) is 17.2. The molecule has 12 nitrogen and oxygen atoms in total. The minimum Gasteiger partial charge on any atom is -0.480 e. The Bertz CT molecular complexity index is 1050. The molecule has 0 saturated heterocycles. The van der Waals surface area contributed by atoms with Gasteiger partial charge >= 0.3 is 5.97 Å². The SMILES string of the molecule is NCCCCC(NC(=O)C(CO)NC(=O)C(N)CS)C(=O)NC(Cc1c[nH]c2ccccc12)C(=O)O. The Kier molecular flexibility index (Phi) is 11.7. The number of carbonyl (C=O) groups excluding carboxylic acids is 3. The third-order valence-corrected chi connectivity index (χ3v) is 6.04. The van der Waals surface area contributed by atoms with Gasteiger partial charge in [0.25, 0.3) is 0 Å². The Morgan fingerprint density at radius 3 is 2.25 bits per heavy atom. The smallest absolute Gasteiger partial charge is 0.326 e. The van der Waals surface area contributed by atoms with Crippen LogP contribution < -0.4 is 27.4 Å². The summed E-state index contributed by atoms with van der Waals surface area (Å²) in [6, 6.07) is 2.68. The van der Waals surface area contributed by atoms with Crippen LogP contribution in [0.1, 0.15) is 24.8 Å². The second-order valence-electron chi connectivity index (χ2n) is 8.34. The van der Waals surface area contributed by atoms with Crippen molar-refractivity contribution in [3.05, 3.63) is 36.0 Å². The summed E-state index contributed by atoms with van der Waals surface area (Å²) < 4.78 is 0. The van der Waals surface area contributed by atoms with Gasteiger partial charge in [0.15, 0.2) is 0 Å². The fourth-order valence-electron chi connectivity index (χ4n) is 3.58. The van der Waals surface area contributed by atoms with E-state index in [1.807, 2.05) is 24.3 Å². The number of hydrogen-bond acceptors (Lipinski definition) is 8. The number of carboxylic acids is 1. The van der Waals surface area contributed by atoms with Crippen molar-refractivity contribution in [2.45, 2.75) is 49.9 Å². The summed E-state index contributed by atoms with van der Waals surface area (Å²) in [5.74, 6) is -3.41. The van der Waals surface area contributed by atoms with Gasteiger partial charge in [-0.25, -0.2) is 4.79 Å². The number of carboxylic acid groups (broad SMARTS) is 1. The van der Waals surface area contributed by atoms with Crippen molar-refractivity contribution in [1.29, 1.82) is 0 Å². The molecule has 4 atom stereocenters. The van der Waals surface area contributed by atoms with Crippen LogP contribution in [-0.2, 0) is 25.6 Å². The van der Waals surface area contributed by atoms with Crippen molar-refractivity contribution in [3.8, 4) is 0 Å². The molecule has 0 radical (unpaired) electrons. The lowest BCUT2D eigenvalue weighted by Gasteiger charge is -2.24. The summed E-state index contributed by atoms with van der Waals surface area (Å²) in [6.07, 6.45) is 2.95. The van der Waals surface area contributed by atoms with Gasteiger partial charge < -0.3 is 42.6 Å². The zero-order valence-electron chi connectivity index (χ0n) is 19.8. The zero-order chi connectivity index (χ0) is 26.7. The van der Waals surface area contributed by atoms with Crippen molar-refractivity contribution >= 4 is 47.2 Å². The number of aromatic amines is 1. The van der Waals surface area contributed by atoms with E-state index in [0.717, 1.165) is 10.9 Å². The van der Waals surface area contributed by atoms with Crippen LogP contribution in [-0.4, -0.2) is 82.0 Å². The highest BCUT2D eigenvalue weighted by atomic mass is 32.1. The Labute approximate surface area is 214 Å². The van der Waals surface area contributed by atoms with Crippen LogP contribution in [0.4, 0.5) is 0 Å². The van der Waals surface area contributed by atoms with Crippen LogP contribution in [0.15, 0.2) is 30.5 Å². The number of aliphatic hydroxyl groups excluding tert-OH is 1. The van der Waals surface area contributed by atoms with E-state index in [2.05, 4.69) is 33.6 Å². The maximum atomic E-state index is 13.1. The van der Waals surface area contributed by atoms with Gasteiger partial charge in [-0.2, -0.15) is 12.6 Å². The first-order valence-corrected chi connectivity index (χ1v) is 12.2. The van der Waals surface area contributed by atoms with Crippen molar-refractivity contribution < 1.29 is 29.4 Å². The van der Waals surface area contributed by atoms with Crippen LogP contribution >= 0.6 is 12.6 Å². The maximum absolute atomic E-state index is 13.1. The molecule has 0 bridgehead atoms. The summed E-state index contributed by atoms with van der Waals surface area (Å²) in [5.41, 5.74) is 12.7. The van der Waals surface area contributed by atoms with E-state index in [-0.39, 0.29) is 18.6 Å². The van der Waals surface area contributed by atoms with E-state index in [4.69, 9.17) is 11.5 Å². The number of rotatable bonds is 15. The Balaban J connectivity index is 2.13. The Hall–Kier alpha value is -3.13. The molecule has 0 aliphatic rings. The minimum atomic E-state index is -1.35. The van der Waals surface area contributed by atoms with Crippen LogP contribution in [0.3, 0.4) is 0 Å². The van der Waals surface area contributed by atoms with Gasteiger partial charge in [0.1, 0.15) is 18.1 Å². The zero-order valence-corrected chi connectivity index (χ0v) is 20.7. The summed E-state index contributed by atoms with van der Waals surface area (Å²) >= 11 is 3.93. The molecule has 0 aliphatic carbocycles. The minimum absolute atomic E-state index is 0.0193. The maximum Gasteiger partial charge on any atom is 0.326 e. The van der Waals surface area contributed by atoms with Gasteiger partial charge in [0, 0.05) is 29.3 Å². The van der Waals surface area contributed by atoms with Crippen LogP contribution in [0.25, 0.3) is 10.9 Å². The van der Waals surface area contributed by atoms with E-state index >= 15 is 0 Å². The number of para-hydroxylation sites is 1. The monoisotopic (exact) mass is 522 g/mol. The van der Waals surface area contributed by atoms with Crippen molar-refractivity contribution in [1.82, 2.24) is 20.9 Å². The average Bonchev–Trinajstić information content (AvgIpc) is 3.28. The van der Waals surface area contributed by atoms with Gasteiger partial charge in [0.2, 0.25) is 17.7 Å². The molecule has 3 amide bonds. The highest BCUT2D eigenvalue weighted by molar-refractivity contribution is 7.80. The van der Waals surface area contributed by atoms with E-state index in [1.54, 1.807) is 6.20 Å². The largest absolute Gasteiger partial charge is 0.480 e. The number of thiol groups is 1. The summed E-state index contributed by atoms with van der Waals surface area (Å²) in [5, 5.41) is 27.5. The van der Waals surface area contributed by atoms with E-state index < -0.39 is 54.5 Å². The number of carbonyl (C=O) groups is 4. The second kappa shape index (κ2) is 14.4. The number of aliphatic carboxylic acids is 1. The summed E-state index contributed by atoms with van der Waals surface area (Å²) in [6.45, 7) is -0.357. The quantitative estimate of drug-likeness (QED) is 0.100. The number of amides is 3. The standard InChI is InChI=1S/C23H34N6O6S/c24-8-4-3-7-17(27-22(33)19(11-30)29-20(31)15(25)12-36)21(32)28-18(23(34)35)9-13-10-26-16-6-2-1-5-14(13)16/h1-2,5-6,10,15,17-19,26,30,36H,3-4,7-9,11-12,24-25H2,(H,27,33)(H,28,32)(H,29,31)(H,34,35). The molecule has 2 rings (SSSR count). The lowest BCUT2D eigenvalue weighted by Crippen LogP contribution is -2.58. The molecule has 1 aromatic heterocycles. The number of aromatic nitrogens is 1. The number of unbranched alkanes of at least 4 members (excludes halogenated alkanes) is 1. The van der Waals surface area contributed by atoms with E-state index in [1.165, 1.54) is 0 Å². The third-order valence-electron chi connectivity index (χ3n) is 5.64. The number of nitrogens with one attached hydrogen (secondary N) is 4. The average molecular weight is 523 g/mol.